The third kappa shape index (κ3) is 4.39. The Bertz CT molecular complexity index is 895. The molecule has 0 saturated carbocycles. The van der Waals surface area contributed by atoms with Gasteiger partial charge < -0.3 is 19.9 Å². The quantitative estimate of drug-likeness (QED) is 0.585. The molecule has 2 N–H and O–H groups in total. The highest BCUT2D eigenvalue weighted by Crippen LogP contribution is 2.37. The second-order valence-corrected chi connectivity index (χ2v) is 5.87. The number of halogens is 2. The highest BCUT2D eigenvalue weighted by atomic mass is 35.5. The van der Waals surface area contributed by atoms with E-state index in [2.05, 4.69) is 5.32 Å². The van der Waals surface area contributed by atoms with Gasteiger partial charge >= 0.3 is 0 Å². The van der Waals surface area contributed by atoms with E-state index in [0.29, 0.717) is 16.3 Å². The maximum atomic E-state index is 12.4. The number of nitriles is 1. The standard InChI is InChI=1S/C18H14Cl2N2O4/c1-25-15-6-10(7-16(26-2)17(15)23)5-11(9-21)18(24)22-14-4-3-12(19)8-13(14)20/h3-8,23H,1-2H3,(H,22,24)/b11-5+. The zero-order chi connectivity index (χ0) is 19.3. The van der Waals surface area contributed by atoms with Crippen LogP contribution in [0.25, 0.3) is 6.08 Å². The van der Waals surface area contributed by atoms with Crippen LogP contribution < -0.4 is 14.8 Å². The first-order chi connectivity index (χ1) is 12.4. The summed E-state index contributed by atoms with van der Waals surface area (Å²) in [7, 11) is 2.75. The average molecular weight is 393 g/mol. The van der Waals surface area contributed by atoms with Crippen molar-refractivity contribution in [3.63, 3.8) is 0 Å². The molecule has 0 heterocycles. The summed E-state index contributed by atoms with van der Waals surface area (Å²) in [5.41, 5.74) is 0.583. The number of benzene rings is 2. The number of hydrogen-bond donors (Lipinski definition) is 2. The molecule has 8 heteroatoms. The van der Waals surface area contributed by atoms with Crippen molar-refractivity contribution in [2.24, 2.45) is 0 Å². The van der Waals surface area contributed by atoms with Gasteiger partial charge in [0.2, 0.25) is 5.75 Å². The van der Waals surface area contributed by atoms with Crippen molar-refractivity contribution >= 4 is 40.9 Å². The van der Waals surface area contributed by atoms with E-state index < -0.39 is 5.91 Å². The first-order valence-electron chi connectivity index (χ1n) is 7.22. The van der Waals surface area contributed by atoms with Crippen LogP contribution in [0.2, 0.25) is 10.0 Å². The zero-order valence-electron chi connectivity index (χ0n) is 13.8. The van der Waals surface area contributed by atoms with Crippen LogP contribution in [0.4, 0.5) is 5.69 Å². The van der Waals surface area contributed by atoms with Crippen molar-refractivity contribution in [1.29, 1.82) is 5.26 Å². The van der Waals surface area contributed by atoms with Gasteiger partial charge in [-0.3, -0.25) is 4.79 Å². The lowest BCUT2D eigenvalue weighted by atomic mass is 10.1. The number of anilines is 1. The van der Waals surface area contributed by atoms with Crippen molar-refractivity contribution in [3.05, 3.63) is 51.5 Å². The van der Waals surface area contributed by atoms with Crippen LogP contribution in [0.3, 0.4) is 0 Å². The molecule has 1 amide bonds. The highest BCUT2D eigenvalue weighted by Gasteiger charge is 2.14. The van der Waals surface area contributed by atoms with Gasteiger partial charge in [-0.25, -0.2) is 0 Å². The van der Waals surface area contributed by atoms with E-state index in [4.69, 9.17) is 32.7 Å². The van der Waals surface area contributed by atoms with Crippen molar-refractivity contribution < 1.29 is 19.4 Å². The molecule has 0 saturated heterocycles. The second-order valence-electron chi connectivity index (χ2n) is 5.02. The first kappa shape index (κ1) is 19.4. The van der Waals surface area contributed by atoms with Crippen LogP contribution >= 0.6 is 23.2 Å². The molecule has 0 aliphatic heterocycles. The third-order valence-corrected chi connectivity index (χ3v) is 3.91. The molecule has 0 aromatic heterocycles. The number of nitrogens with zero attached hydrogens (tertiary/aromatic N) is 1. The fourth-order valence-electron chi connectivity index (χ4n) is 2.09. The zero-order valence-corrected chi connectivity index (χ0v) is 15.4. The van der Waals surface area contributed by atoms with Gasteiger partial charge in [0, 0.05) is 5.02 Å². The predicted octanol–water partition coefficient (Wildman–Crippen LogP) is 4.26. The molecule has 0 aliphatic rings. The van der Waals surface area contributed by atoms with Crippen molar-refractivity contribution in [1.82, 2.24) is 0 Å². The molecule has 0 radical (unpaired) electrons. The summed E-state index contributed by atoms with van der Waals surface area (Å²) < 4.78 is 10.1. The van der Waals surface area contributed by atoms with Crippen molar-refractivity contribution in [3.8, 4) is 23.3 Å². The van der Waals surface area contributed by atoms with Gasteiger partial charge in [0.15, 0.2) is 11.5 Å². The number of rotatable bonds is 5. The summed E-state index contributed by atoms with van der Waals surface area (Å²) in [6.45, 7) is 0. The van der Waals surface area contributed by atoms with E-state index in [-0.39, 0.29) is 27.8 Å². The maximum absolute atomic E-state index is 12.4. The van der Waals surface area contributed by atoms with Crippen LogP contribution in [0, 0.1) is 11.3 Å². The topological polar surface area (TPSA) is 91.6 Å². The Morgan fingerprint density at radius 3 is 2.31 bits per heavy atom. The van der Waals surface area contributed by atoms with Crippen LogP contribution in [-0.2, 0) is 4.79 Å². The molecule has 0 spiro atoms. The summed E-state index contributed by atoms with van der Waals surface area (Å²) in [6.07, 6.45) is 1.34. The fraction of sp³-hybridized carbons (Fsp3) is 0.111. The number of phenolic OH excluding ortho intramolecular Hbond substituents is 1. The van der Waals surface area contributed by atoms with Gasteiger partial charge in [-0.15, -0.1) is 0 Å². The number of aromatic hydroxyl groups is 1. The second kappa shape index (κ2) is 8.48. The number of nitrogens with one attached hydrogen (secondary N) is 1. The van der Waals surface area contributed by atoms with E-state index in [1.807, 2.05) is 6.07 Å². The van der Waals surface area contributed by atoms with Crippen LogP contribution in [0.15, 0.2) is 35.9 Å². The molecule has 2 rings (SSSR count). The van der Waals surface area contributed by atoms with Gasteiger partial charge in [0.1, 0.15) is 11.6 Å². The molecular formula is C18H14Cl2N2O4. The molecule has 0 bridgehead atoms. The van der Waals surface area contributed by atoms with E-state index in [1.165, 1.54) is 44.6 Å². The molecular weight excluding hydrogens is 379 g/mol. The lowest BCUT2D eigenvalue weighted by Crippen LogP contribution is -2.13. The minimum absolute atomic E-state index is 0.147. The number of amides is 1. The summed E-state index contributed by atoms with van der Waals surface area (Å²) in [6, 6.07) is 9.34. The van der Waals surface area contributed by atoms with Gasteiger partial charge in [0.25, 0.3) is 5.91 Å². The van der Waals surface area contributed by atoms with Crippen LogP contribution in [0.5, 0.6) is 17.2 Å². The minimum Gasteiger partial charge on any atom is -0.502 e. The molecule has 0 aliphatic carbocycles. The molecule has 6 nitrogen and oxygen atoms in total. The van der Waals surface area contributed by atoms with Gasteiger partial charge in [0.05, 0.1) is 24.9 Å². The van der Waals surface area contributed by atoms with Gasteiger partial charge in [-0.1, -0.05) is 23.2 Å². The number of hydrogen-bond acceptors (Lipinski definition) is 5. The van der Waals surface area contributed by atoms with Crippen LogP contribution in [-0.4, -0.2) is 25.2 Å². The Morgan fingerprint density at radius 2 is 1.81 bits per heavy atom. The Labute approximate surface area is 160 Å². The van der Waals surface area contributed by atoms with Gasteiger partial charge in [-0.05, 0) is 42.0 Å². The number of ether oxygens (including phenoxy) is 2. The highest BCUT2D eigenvalue weighted by molar-refractivity contribution is 6.36. The summed E-state index contributed by atoms with van der Waals surface area (Å²) in [4.78, 5) is 12.4. The predicted molar refractivity (Wildman–Crippen MR) is 99.9 cm³/mol. The number of phenols is 1. The molecule has 0 unspecified atom stereocenters. The Balaban J connectivity index is 2.35. The molecule has 2 aromatic carbocycles. The smallest absolute Gasteiger partial charge is 0.266 e. The number of carbonyl (C=O) groups excluding carboxylic acids is 1. The van der Waals surface area contributed by atoms with E-state index >= 15 is 0 Å². The van der Waals surface area contributed by atoms with E-state index in [9.17, 15) is 15.2 Å². The van der Waals surface area contributed by atoms with Crippen molar-refractivity contribution in [2.75, 3.05) is 19.5 Å². The normalized spacial score (nSPS) is 10.8. The van der Waals surface area contributed by atoms with E-state index in [0.717, 1.165) is 0 Å². The fourth-order valence-corrected chi connectivity index (χ4v) is 2.55. The molecule has 0 atom stereocenters. The summed E-state index contributed by atoms with van der Waals surface area (Å²) >= 11 is 11.8. The molecule has 26 heavy (non-hydrogen) atoms. The Morgan fingerprint density at radius 1 is 1.19 bits per heavy atom. The van der Waals surface area contributed by atoms with Crippen molar-refractivity contribution in [2.45, 2.75) is 0 Å². The lowest BCUT2D eigenvalue weighted by Gasteiger charge is -2.10. The first-order valence-corrected chi connectivity index (χ1v) is 7.98. The molecule has 2 aromatic rings. The molecule has 0 fully saturated rings. The number of methoxy groups -OCH3 is 2. The third-order valence-electron chi connectivity index (χ3n) is 3.36. The maximum Gasteiger partial charge on any atom is 0.266 e. The lowest BCUT2D eigenvalue weighted by molar-refractivity contribution is -0.112. The SMILES string of the molecule is COc1cc(/C=C(\C#N)C(=O)Nc2ccc(Cl)cc2Cl)cc(OC)c1O. The van der Waals surface area contributed by atoms with E-state index in [1.54, 1.807) is 6.07 Å². The Hall–Kier alpha value is -2.88. The Kier molecular flexibility index (Phi) is 6.34. The average Bonchev–Trinajstić information content (AvgIpc) is 2.62. The van der Waals surface area contributed by atoms with Gasteiger partial charge in [-0.2, -0.15) is 5.26 Å². The van der Waals surface area contributed by atoms with Crippen LogP contribution in [0.1, 0.15) is 5.56 Å². The largest absolute Gasteiger partial charge is 0.502 e. The summed E-state index contributed by atoms with van der Waals surface area (Å²) in [5, 5.41) is 22.4. The minimum atomic E-state index is -0.650. The number of carbonyl (C=O) groups is 1. The summed E-state index contributed by atoms with van der Waals surface area (Å²) in [5.74, 6) is -0.533. The monoisotopic (exact) mass is 392 g/mol. The molecule has 134 valence electrons.